The second kappa shape index (κ2) is 9.54. The van der Waals surface area contributed by atoms with Gasteiger partial charge in [0.05, 0.1) is 0 Å². The van der Waals surface area contributed by atoms with Crippen LogP contribution in [0.25, 0.3) is 10.8 Å². The minimum atomic E-state index is -0.791. The van der Waals surface area contributed by atoms with Crippen molar-refractivity contribution in [2.75, 3.05) is 20.3 Å². The van der Waals surface area contributed by atoms with Crippen molar-refractivity contribution >= 4 is 34.2 Å². The van der Waals surface area contributed by atoms with Crippen molar-refractivity contribution in [3.63, 3.8) is 0 Å². The summed E-state index contributed by atoms with van der Waals surface area (Å²) in [6.07, 6.45) is 6.66. The molecule has 0 spiro atoms. The molecular weight excluding hydrogens is 394 g/mol. The quantitative estimate of drug-likeness (QED) is 0.537. The van der Waals surface area contributed by atoms with Crippen LogP contribution in [-0.2, 0) is 16.1 Å². The summed E-state index contributed by atoms with van der Waals surface area (Å²) < 4.78 is 5.10. The van der Waals surface area contributed by atoms with Gasteiger partial charge < -0.3 is 19.9 Å². The van der Waals surface area contributed by atoms with Gasteiger partial charge in [-0.05, 0) is 41.7 Å². The number of ketones is 1. The highest BCUT2D eigenvalue weighted by Crippen LogP contribution is 2.17. The van der Waals surface area contributed by atoms with E-state index in [0.29, 0.717) is 37.2 Å². The van der Waals surface area contributed by atoms with Gasteiger partial charge in [0.15, 0.2) is 5.78 Å². The Kier molecular flexibility index (Phi) is 6.85. The van der Waals surface area contributed by atoms with Crippen LogP contribution in [0.1, 0.15) is 12.0 Å². The number of amides is 2. The molecule has 0 saturated heterocycles. The first-order valence-electron chi connectivity index (χ1n) is 9.21. The molecular formula is C21H22ClN3O4. The van der Waals surface area contributed by atoms with Gasteiger partial charge in [0.25, 0.3) is 5.56 Å². The van der Waals surface area contributed by atoms with Crippen molar-refractivity contribution in [3.8, 4) is 0 Å². The molecule has 2 amide bonds. The number of pyridine rings is 1. The number of ether oxygens (including phenoxy) is 1. The van der Waals surface area contributed by atoms with Gasteiger partial charge in [-0.15, -0.1) is 11.6 Å². The van der Waals surface area contributed by atoms with Crippen LogP contribution in [0.4, 0.5) is 4.79 Å². The predicted molar refractivity (Wildman–Crippen MR) is 112 cm³/mol. The van der Waals surface area contributed by atoms with E-state index in [0.717, 1.165) is 10.9 Å². The van der Waals surface area contributed by atoms with Crippen LogP contribution in [0.15, 0.2) is 59.2 Å². The number of rotatable bonds is 7. The van der Waals surface area contributed by atoms with Crippen molar-refractivity contribution in [2.24, 2.45) is 0 Å². The highest BCUT2D eigenvalue weighted by atomic mass is 35.5. The molecule has 29 heavy (non-hydrogen) atoms. The van der Waals surface area contributed by atoms with E-state index in [4.69, 9.17) is 16.3 Å². The van der Waals surface area contributed by atoms with Gasteiger partial charge in [0.1, 0.15) is 5.38 Å². The molecule has 0 fully saturated rings. The summed E-state index contributed by atoms with van der Waals surface area (Å²) >= 11 is 5.94. The van der Waals surface area contributed by atoms with Crippen molar-refractivity contribution in [2.45, 2.75) is 18.3 Å². The van der Waals surface area contributed by atoms with E-state index in [1.165, 1.54) is 18.2 Å². The Morgan fingerprint density at radius 2 is 2.00 bits per heavy atom. The predicted octanol–water partition coefficient (Wildman–Crippen LogP) is 2.71. The van der Waals surface area contributed by atoms with Gasteiger partial charge in [0, 0.05) is 44.1 Å². The second-order valence-corrected chi connectivity index (χ2v) is 7.12. The highest BCUT2D eigenvalue weighted by molar-refractivity contribution is 6.34. The normalized spacial score (nSPS) is 16.0. The molecule has 1 heterocycles. The van der Waals surface area contributed by atoms with Crippen LogP contribution < -0.4 is 10.9 Å². The van der Waals surface area contributed by atoms with Gasteiger partial charge in [0.2, 0.25) is 0 Å². The van der Waals surface area contributed by atoms with Crippen LogP contribution in [0.5, 0.6) is 0 Å². The molecule has 2 N–H and O–H groups in total. The zero-order valence-electron chi connectivity index (χ0n) is 16.0. The Morgan fingerprint density at radius 1 is 1.24 bits per heavy atom. The molecule has 0 aliphatic heterocycles. The number of aromatic nitrogens is 1. The van der Waals surface area contributed by atoms with Crippen molar-refractivity contribution in [3.05, 3.63) is 70.3 Å². The van der Waals surface area contributed by atoms with Gasteiger partial charge >= 0.3 is 6.03 Å². The highest BCUT2D eigenvalue weighted by Gasteiger charge is 2.20. The summed E-state index contributed by atoms with van der Waals surface area (Å²) in [5.74, 6) is -0.221. The summed E-state index contributed by atoms with van der Waals surface area (Å²) in [6, 6.07) is 6.95. The minimum absolute atomic E-state index is 0.171. The molecule has 1 atom stereocenters. The molecule has 152 valence electrons. The molecule has 8 heteroatoms. The fraction of sp³-hybridized carbons (Fsp3) is 0.286. The molecule has 0 radical (unpaired) electrons. The van der Waals surface area contributed by atoms with E-state index in [1.54, 1.807) is 30.3 Å². The Bertz CT molecular complexity index is 1030. The number of fused-ring (bicyclic) bond motifs is 1. The van der Waals surface area contributed by atoms with Gasteiger partial charge in [-0.3, -0.25) is 9.59 Å². The number of nitrogens with one attached hydrogen (secondary N) is 2. The number of allylic oxidation sites excluding steroid dienone is 3. The molecule has 1 aliphatic rings. The number of benzene rings is 1. The molecule has 0 bridgehead atoms. The number of hydrogen-bond acceptors (Lipinski definition) is 4. The lowest BCUT2D eigenvalue weighted by Crippen LogP contribution is -2.40. The summed E-state index contributed by atoms with van der Waals surface area (Å²) in [7, 11) is 1.61. The summed E-state index contributed by atoms with van der Waals surface area (Å²) in [6.45, 7) is 1.26. The third kappa shape index (κ3) is 5.13. The molecule has 0 unspecified atom stereocenters. The Balaban J connectivity index is 1.82. The van der Waals surface area contributed by atoms with Crippen molar-refractivity contribution in [1.82, 2.24) is 15.2 Å². The maximum atomic E-state index is 12.9. The average molecular weight is 416 g/mol. The topological polar surface area (TPSA) is 91.5 Å². The number of methoxy groups -OCH3 is 1. The monoisotopic (exact) mass is 415 g/mol. The fourth-order valence-electron chi connectivity index (χ4n) is 3.10. The molecule has 1 aromatic heterocycles. The van der Waals surface area contributed by atoms with Crippen molar-refractivity contribution < 1.29 is 14.3 Å². The van der Waals surface area contributed by atoms with Crippen LogP contribution in [0.2, 0.25) is 0 Å². The zero-order chi connectivity index (χ0) is 20.8. The number of aromatic amines is 1. The summed E-state index contributed by atoms with van der Waals surface area (Å²) in [5.41, 5.74) is 1.12. The van der Waals surface area contributed by atoms with E-state index < -0.39 is 5.38 Å². The van der Waals surface area contributed by atoms with Gasteiger partial charge in [-0.2, -0.15) is 0 Å². The average Bonchev–Trinajstić information content (AvgIpc) is 2.72. The number of halogens is 1. The Labute approximate surface area is 173 Å². The van der Waals surface area contributed by atoms with Crippen LogP contribution in [0.3, 0.4) is 0 Å². The van der Waals surface area contributed by atoms with Gasteiger partial charge in [-0.1, -0.05) is 18.2 Å². The fourth-order valence-corrected chi connectivity index (χ4v) is 3.31. The lowest BCUT2D eigenvalue weighted by molar-refractivity contribution is -0.113. The number of carbonyl (C=O) groups excluding carboxylic acids is 2. The first-order chi connectivity index (χ1) is 14.0. The minimum Gasteiger partial charge on any atom is -0.385 e. The number of urea groups is 1. The molecule has 2 aromatic rings. The van der Waals surface area contributed by atoms with Crippen molar-refractivity contribution in [1.29, 1.82) is 0 Å². The number of hydrogen-bond donors (Lipinski definition) is 2. The van der Waals surface area contributed by atoms with E-state index in [1.807, 2.05) is 12.1 Å². The van der Waals surface area contributed by atoms with E-state index in [9.17, 15) is 14.4 Å². The van der Waals surface area contributed by atoms with E-state index in [2.05, 4.69) is 10.3 Å². The van der Waals surface area contributed by atoms with E-state index >= 15 is 0 Å². The van der Waals surface area contributed by atoms with Crippen LogP contribution in [0, 0.1) is 0 Å². The standard InChI is InChI=1S/C21H22ClN3O4/c1-29-10-4-9-25(21(28)24-15-7-8-19(26)18(22)11-15)13-14-12-23-20(27)17-6-3-2-5-16(14)17/h2-3,5-8,11-12,18H,4,9-10,13H2,1H3,(H,23,27)(H,24,28)/t18-/m1/s1. The zero-order valence-corrected chi connectivity index (χ0v) is 16.7. The first-order valence-corrected chi connectivity index (χ1v) is 9.65. The second-order valence-electron chi connectivity index (χ2n) is 6.65. The molecule has 0 saturated carbocycles. The third-order valence-corrected chi connectivity index (χ3v) is 4.94. The molecule has 3 rings (SSSR count). The number of nitrogens with zero attached hydrogens (tertiary/aromatic N) is 1. The lowest BCUT2D eigenvalue weighted by Gasteiger charge is -2.24. The Hall–Kier alpha value is -2.90. The van der Waals surface area contributed by atoms with Crippen LogP contribution in [-0.4, -0.2) is 47.3 Å². The summed E-state index contributed by atoms with van der Waals surface area (Å²) in [4.78, 5) is 40.8. The molecule has 1 aliphatic carbocycles. The lowest BCUT2D eigenvalue weighted by atomic mass is 10.1. The molecule has 7 nitrogen and oxygen atoms in total. The molecule has 1 aromatic carbocycles. The SMILES string of the molecule is COCCCN(Cc1c[nH]c(=O)c2ccccc12)C(=O)NC1=C[C@@H](Cl)C(=O)C=C1. The number of H-pyrrole nitrogens is 1. The smallest absolute Gasteiger partial charge is 0.322 e. The number of carbonyl (C=O) groups is 2. The maximum Gasteiger partial charge on any atom is 0.322 e. The largest absolute Gasteiger partial charge is 0.385 e. The third-order valence-electron chi connectivity index (χ3n) is 4.60. The summed E-state index contributed by atoms with van der Waals surface area (Å²) in [5, 5.41) is 3.37. The maximum absolute atomic E-state index is 12.9. The van der Waals surface area contributed by atoms with Gasteiger partial charge in [-0.25, -0.2) is 4.79 Å². The van der Waals surface area contributed by atoms with Crippen LogP contribution >= 0.6 is 11.6 Å². The van der Waals surface area contributed by atoms with E-state index in [-0.39, 0.29) is 17.4 Å². The Morgan fingerprint density at radius 3 is 2.72 bits per heavy atom. The number of alkyl halides is 1. The first kappa shape index (κ1) is 20.8.